The summed E-state index contributed by atoms with van der Waals surface area (Å²) in [6.07, 6.45) is 1.70. The molecule has 190 valence electrons. The van der Waals surface area contributed by atoms with Gasteiger partial charge in [-0.2, -0.15) is 5.01 Å². The number of benzene rings is 4. The summed E-state index contributed by atoms with van der Waals surface area (Å²) >= 11 is 12.3. The van der Waals surface area contributed by atoms with Crippen molar-refractivity contribution in [1.29, 1.82) is 0 Å². The van der Waals surface area contributed by atoms with Crippen molar-refractivity contribution < 1.29 is 19.1 Å². The molecule has 0 saturated carbocycles. The summed E-state index contributed by atoms with van der Waals surface area (Å²) in [5.74, 6) is 0.233. The fourth-order valence-electron chi connectivity index (χ4n) is 3.95. The van der Waals surface area contributed by atoms with E-state index in [9.17, 15) is 9.59 Å². The Morgan fingerprint density at radius 3 is 2.58 bits per heavy atom. The van der Waals surface area contributed by atoms with E-state index in [1.807, 2.05) is 30.3 Å². The largest absolute Gasteiger partial charge is 0.493 e. The molecule has 0 atom stereocenters. The molecular weight excluding hydrogens is 540 g/mol. The van der Waals surface area contributed by atoms with Gasteiger partial charge in [-0.15, -0.1) is 0 Å². The number of hydrogen-bond donors (Lipinski definition) is 1. The van der Waals surface area contributed by atoms with Gasteiger partial charge in [-0.25, -0.2) is 0 Å². The van der Waals surface area contributed by atoms with Crippen LogP contribution in [0.2, 0.25) is 5.02 Å². The lowest BCUT2D eigenvalue weighted by atomic mass is 10.1. The zero-order valence-electron chi connectivity index (χ0n) is 20.1. The Balaban J connectivity index is 1.30. The van der Waals surface area contributed by atoms with Gasteiger partial charge in [0.2, 0.25) is 0 Å². The molecule has 1 fully saturated rings. The highest BCUT2D eigenvalue weighted by Gasteiger charge is 2.33. The highest BCUT2D eigenvalue weighted by Crippen LogP contribution is 2.34. The average Bonchev–Trinajstić information content (AvgIpc) is 3.19. The minimum Gasteiger partial charge on any atom is -0.493 e. The van der Waals surface area contributed by atoms with Crippen LogP contribution in [0.3, 0.4) is 0 Å². The molecule has 0 aliphatic carbocycles. The van der Waals surface area contributed by atoms with Crippen LogP contribution in [-0.2, 0) is 11.4 Å². The number of nitrogens with zero attached hydrogens (tertiary/aromatic N) is 1. The second kappa shape index (κ2) is 11.3. The van der Waals surface area contributed by atoms with E-state index >= 15 is 0 Å². The quantitative estimate of drug-likeness (QED) is 0.202. The van der Waals surface area contributed by atoms with Crippen molar-refractivity contribution in [3.63, 3.8) is 0 Å². The third-order valence-corrected chi connectivity index (χ3v) is 7.42. The number of thioether (sulfide) groups is 1. The molecule has 1 saturated heterocycles. The number of ether oxygens (including phenoxy) is 2. The topological polar surface area (TPSA) is 67.9 Å². The van der Waals surface area contributed by atoms with Crippen molar-refractivity contribution in [2.45, 2.75) is 6.61 Å². The van der Waals surface area contributed by atoms with Gasteiger partial charge in [-0.1, -0.05) is 71.9 Å². The number of halogens is 1. The summed E-state index contributed by atoms with van der Waals surface area (Å²) in [5.41, 5.74) is 4.71. The van der Waals surface area contributed by atoms with Crippen molar-refractivity contribution in [2.24, 2.45) is 0 Å². The zero-order valence-corrected chi connectivity index (χ0v) is 22.5. The van der Waals surface area contributed by atoms with Gasteiger partial charge in [0.15, 0.2) is 15.8 Å². The van der Waals surface area contributed by atoms with Gasteiger partial charge >= 0.3 is 0 Å². The van der Waals surface area contributed by atoms with E-state index in [0.717, 1.165) is 38.7 Å². The van der Waals surface area contributed by atoms with Gasteiger partial charge in [0.05, 0.1) is 12.0 Å². The maximum absolute atomic E-state index is 13.0. The van der Waals surface area contributed by atoms with Gasteiger partial charge in [-0.3, -0.25) is 15.0 Å². The fraction of sp³-hybridized carbons (Fsp3) is 0.0690. The first-order valence-corrected chi connectivity index (χ1v) is 13.1. The third kappa shape index (κ3) is 5.52. The number of carbonyl (C=O) groups excluding carboxylic acids is 2. The molecule has 6 nitrogen and oxygen atoms in total. The van der Waals surface area contributed by atoms with Crippen LogP contribution >= 0.6 is 35.6 Å². The maximum atomic E-state index is 13.0. The van der Waals surface area contributed by atoms with E-state index in [1.165, 1.54) is 0 Å². The highest BCUT2D eigenvalue weighted by molar-refractivity contribution is 8.26. The molecule has 4 aromatic rings. The van der Waals surface area contributed by atoms with Crippen LogP contribution in [0.5, 0.6) is 11.5 Å². The van der Waals surface area contributed by atoms with E-state index in [0.29, 0.717) is 33.6 Å². The van der Waals surface area contributed by atoms with Gasteiger partial charge in [0.25, 0.3) is 11.8 Å². The molecule has 1 aliphatic heterocycles. The van der Waals surface area contributed by atoms with Crippen molar-refractivity contribution in [1.82, 2.24) is 10.4 Å². The molecule has 1 N–H and O–H groups in total. The van der Waals surface area contributed by atoms with Gasteiger partial charge < -0.3 is 9.47 Å². The molecule has 0 unspecified atom stereocenters. The Morgan fingerprint density at radius 2 is 1.79 bits per heavy atom. The Morgan fingerprint density at radius 1 is 1.03 bits per heavy atom. The number of hydrazine groups is 1. The summed E-state index contributed by atoms with van der Waals surface area (Å²) < 4.78 is 11.9. The molecule has 0 aromatic heterocycles. The van der Waals surface area contributed by atoms with E-state index in [4.69, 9.17) is 33.3 Å². The SMILES string of the molecule is COc1cc(/C=C2/SC(=S)N(NC(=O)c3ccc(Cl)cc3)C2=O)ccc1OCc1cccc2ccccc12. The van der Waals surface area contributed by atoms with Crippen LogP contribution < -0.4 is 14.9 Å². The van der Waals surface area contributed by atoms with Crippen molar-refractivity contribution >= 4 is 68.6 Å². The van der Waals surface area contributed by atoms with E-state index < -0.39 is 11.8 Å². The number of methoxy groups -OCH3 is 1. The minimum absolute atomic E-state index is 0.227. The molecule has 9 heteroatoms. The van der Waals surface area contributed by atoms with Crippen LogP contribution in [0, 0.1) is 0 Å². The normalized spacial score (nSPS) is 14.3. The standard InChI is InChI=1S/C29H21ClN2O4S2/c1-35-25-15-18(9-14-24(25)36-17-21-7-4-6-19-5-2-3-8-23(19)21)16-26-28(34)32(29(37)38-26)31-27(33)20-10-12-22(30)13-11-20/h2-16H,17H2,1H3,(H,31,33)/b26-16+. The third-order valence-electron chi connectivity index (χ3n) is 5.86. The Hall–Kier alpha value is -3.85. The van der Waals surface area contributed by atoms with Crippen LogP contribution in [0.15, 0.2) is 89.8 Å². The molecule has 0 bridgehead atoms. The molecule has 2 amide bonds. The smallest absolute Gasteiger partial charge is 0.285 e. The fourth-order valence-corrected chi connectivity index (χ4v) is 5.26. The summed E-state index contributed by atoms with van der Waals surface area (Å²) in [5, 5.41) is 3.87. The van der Waals surface area contributed by atoms with Gasteiger partial charge in [-0.05, 0) is 76.6 Å². The summed E-state index contributed by atoms with van der Waals surface area (Å²) in [7, 11) is 1.57. The Bertz CT molecular complexity index is 1580. The zero-order chi connectivity index (χ0) is 26.6. The molecule has 1 heterocycles. The lowest BCUT2D eigenvalue weighted by Crippen LogP contribution is -2.44. The van der Waals surface area contributed by atoms with Crippen LogP contribution in [0.25, 0.3) is 16.8 Å². The number of fused-ring (bicyclic) bond motifs is 1. The maximum Gasteiger partial charge on any atom is 0.285 e. The van der Waals surface area contributed by atoms with Crippen LogP contribution in [0.4, 0.5) is 0 Å². The van der Waals surface area contributed by atoms with Crippen molar-refractivity contribution in [2.75, 3.05) is 7.11 Å². The molecule has 38 heavy (non-hydrogen) atoms. The highest BCUT2D eigenvalue weighted by atomic mass is 35.5. The Labute approximate surface area is 234 Å². The number of hydrogen-bond acceptors (Lipinski definition) is 6. The molecule has 5 rings (SSSR count). The van der Waals surface area contributed by atoms with Crippen molar-refractivity contribution in [3.8, 4) is 11.5 Å². The van der Waals surface area contributed by atoms with Gasteiger partial charge in [0.1, 0.15) is 6.61 Å². The van der Waals surface area contributed by atoms with Crippen LogP contribution in [-0.4, -0.2) is 28.3 Å². The number of nitrogens with one attached hydrogen (secondary N) is 1. The van der Waals surface area contributed by atoms with Gasteiger partial charge in [0, 0.05) is 10.6 Å². The summed E-state index contributed by atoms with van der Waals surface area (Å²) in [4.78, 5) is 25.9. The number of carbonyl (C=O) groups is 2. The second-order valence-corrected chi connectivity index (χ2v) is 10.4. The first-order valence-electron chi connectivity index (χ1n) is 11.5. The first kappa shape index (κ1) is 25.8. The molecule has 1 aliphatic rings. The molecule has 0 spiro atoms. The molecule has 4 aromatic carbocycles. The van der Waals surface area contributed by atoms with E-state index in [1.54, 1.807) is 49.6 Å². The second-order valence-electron chi connectivity index (χ2n) is 8.30. The number of thiocarbonyl (C=S) groups is 1. The average molecular weight is 561 g/mol. The predicted octanol–water partition coefficient (Wildman–Crippen LogP) is 6.63. The predicted molar refractivity (Wildman–Crippen MR) is 155 cm³/mol. The molecule has 0 radical (unpaired) electrons. The van der Waals surface area contributed by atoms with Crippen molar-refractivity contribution in [3.05, 3.63) is 112 Å². The van der Waals surface area contributed by atoms with E-state index in [-0.39, 0.29) is 4.32 Å². The monoisotopic (exact) mass is 560 g/mol. The summed E-state index contributed by atoms with van der Waals surface area (Å²) in [6, 6.07) is 26.0. The van der Waals surface area contributed by atoms with Crippen LogP contribution in [0.1, 0.15) is 21.5 Å². The minimum atomic E-state index is -0.464. The lowest BCUT2D eigenvalue weighted by Gasteiger charge is -2.15. The summed E-state index contributed by atoms with van der Waals surface area (Å²) in [6.45, 7) is 0.378. The Kier molecular flexibility index (Phi) is 7.64. The number of rotatable bonds is 7. The lowest BCUT2D eigenvalue weighted by molar-refractivity contribution is -0.123. The molecular formula is C29H21ClN2O4S2. The van der Waals surface area contributed by atoms with E-state index in [2.05, 4.69) is 23.6 Å². The first-order chi connectivity index (χ1) is 18.4. The number of amides is 2.